The summed E-state index contributed by atoms with van der Waals surface area (Å²) >= 11 is 0. The minimum atomic E-state index is -0.608. The van der Waals surface area contributed by atoms with Crippen molar-refractivity contribution >= 4 is 10.8 Å². The van der Waals surface area contributed by atoms with Gasteiger partial charge in [0.15, 0.2) is 0 Å². The van der Waals surface area contributed by atoms with E-state index in [1.165, 1.54) is 0 Å². The molecular formula is C8H15NO2S. The van der Waals surface area contributed by atoms with Crippen molar-refractivity contribution in [1.29, 1.82) is 0 Å². The van der Waals surface area contributed by atoms with Crippen LogP contribution in [0.3, 0.4) is 0 Å². The minimum absolute atomic E-state index is 0.608. The molecule has 70 valence electrons. The zero-order valence-electron chi connectivity index (χ0n) is 7.36. The van der Waals surface area contributed by atoms with Crippen molar-refractivity contribution in [3.8, 4) is 0 Å². The highest BCUT2D eigenvalue weighted by atomic mass is 32.2. The second-order valence-corrected chi connectivity index (χ2v) is 4.34. The summed E-state index contributed by atoms with van der Waals surface area (Å²) in [6.45, 7) is 4.19. The molecule has 0 aromatic carbocycles. The summed E-state index contributed by atoms with van der Waals surface area (Å²) in [5, 5.41) is 1.89. The van der Waals surface area contributed by atoms with Crippen LogP contribution in [0.25, 0.3) is 0 Å². The normalized spacial score (nSPS) is 22.1. The lowest BCUT2D eigenvalue weighted by Crippen LogP contribution is -2.37. The molecule has 1 fully saturated rings. The van der Waals surface area contributed by atoms with Gasteiger partial charge in [0.25, 0.3) is 0 Å². The first-order valence-corrected chi connectivity index (χ1v) is 5.65. The molecule has 1 aliphatic rings. The van der Waals surface area contributed by atoms with Crippen LogP contribution in [0.5, 0.6) is 0 Å². The Bertz CT molecular complexity index is 172. The smallest absolute Gasteiger partial charge is 0.0866 e. The highest BCUT2D eigenvalue weighted by Crippen LogP contribution is 2.00. The summed E-state index contributed by atoms with van der Waals surface area (Å²) in [4.78, 5) is 5.38. The average Bonchev–Trinajstić information content (AvgIpc) is 2.09. The molecule has 0 aromatic heterocycles. The van der Waals surface area contributed by atoms with Crippen LogP contribution in [0.1, 0.15) is 6.92 Å². The molecule has 0 aromatic rings. The number of nitrogens with zero attached hydrogens (tertiary/aromatic N) is 1. The maximum atomic E-state index is 11.0. The Labute approximate surface area is 75.8 Å². The van der Waals surface area contributed by atoms with E-state index in [0.717, 1.165) is 24.6 Å². The quantitative estimate of drug-likeness (QED) is 0.607. The predicted molar refractivity (Wildman–Crippen MR) is 50.2 cm³/mol. The van der Waals surface area contributed by atoms with Gasteiger partial charge in [0.2, 0.25) is 0 Å². The molecule has 1 rings (SSSR count). The van der Waals surface area contributed by atoms with E-state index in [-0.39, 0.29) is 0 Å². The summed E-state index contributed by atoms with van der Waals surface area (Å²) in [6.07, 6.45) is 3.92. The zero-order chi connectivity index (χ0) is 8.81. The Morgan fingerprint density at radius 3 is 2.75 bits per heavy atom. The summed E-state index contributed by atoms with van der Waals surface area (Å²) in [5.74, 6) is 1.49. The van der Waals surface area contributed by atoms with E-state index >= 15 is 0 Å². The lowest BCUT2D eigenvalue weighted by molar-refractivity contribution is -0.141. The van der Waals surface area contributed by atoms with Crippen molar-refractivity contribution in [2.75, 3.05) is 31.2 Å². The molecule has 1 aliphatic heterocycles. The third-order valence-corrected chi connectivity index (χ3v) is 3.00. The molecular weight excluding hydrogens is 174 g/mol. The maximum absolute atomic E-state index is 11.0. The predicted octanol–water partition coefficient (Wildman–Crippen LogP) is 0.558. The molecule has 12 heavy (non-hydrogen) atoms. The van der Waals surface area contributed by atoms with Gasteiger partial charge in [-0.15, -0.1) is 0 Å². The molecule has 0 atom stereocenters. The Morgan fingerprint density at radius 2 is 2.17 bits per heavy atom. The number of hydrogen-bond donors (Lipinski definition) is 0. The first-order chi connectivity index (χ1) is 5.83. The van der Waals surface area contributed by atoms with E-state index in [0.29, 0.717) is 6.61 Å². The number of rotatable bonds is 3. The Kier molecular flexibility index (Phi) is 4.50. The lowest BCUT2D eigenvalue weighted by Gasteiger charge is -2.24. The highest BCUT2D eigenvalue weighted by Gasteiger charge is 2.14. The van der Waals surface area contributed by atoms with Crippen LogP contribution in [0.2, 0.25) is 0 Å². The molecule has 0 amide bonds. The topological polar surface area (TPSA) is 29.5 Å². The molecule has 0 unspecified atom stereocenters. The minimum Gasteiger partial charge on any atom is -0.295 e. The lowest BCUT2D eigenvalue weighted by atomic mass is 10.5. The van der Waals surface area contributed by atoms with E-state index in [4.69, 9.17) is 4.84 Å². The van der Waals surface area contributed by atoms with Gasteiger partial charge in [-0.05, 0) is 6.92 Å². The van der Waals surface area contributed by atoms with Crippen molar-refractivity contribution in [3.63, 3.8) is 0 Å². The second kappa shape index (κ2) is 5.45. The van der Waals surface area contributed by atoms with Crippen LogP contribution in [0.4, 0.5) is 0 Å². The number of hydrogen-bond acceptors (Lipinski definition) is 3. The van der Waals surface area contributed by atoms with Gasteiger partial charge in [-0.1, -0.05) is 12.2 Å². The largest absolute Gasteiger partial charge is 0.295 e. The Morgan fingerprint density at radius 1 is 1.50 bits per heavy atom. The van der Waals surface area contributed by atoms with Crippen molar-refractivity contribution < 1.29 is 9.05 Å². The average molecular weight is 189 g/mol. The summed E-state index contributed by atoms with van der Waals surface area (Å²) in [7, 11) is -0.608. The molecule has 0 spiro atoms. The first-order valence-electron chi connectivity index (χ1n) is 4.17. The van der Waals surface area contributed by atoms with Crippen molar-refractivity contribution in [2.24, 2.45) is 0 Å². The van der Waals surface area contributed by atoms with E-state index < -0.39 is 10.8 Å². The van der Waals surface area contributed by atoms with E-state index in [1.807, 2.05) is 24.1 Å². The van der Waals surface area contributed by atoms with Crippen molar-refractivity contribution in [2.45, 2.75) is 6.92 Å². The van der Waals surface area contributed by atoms with Crippen LogP contribution in [-0.4, -0.2) is 40.5 Å². The zero-order valence-corrected chi connectivity index (χ0v) is 8.18. The molecule has 3 nitrogen and oxygen atoms in total. The Hall–Kier alpha value is -0.190. The van der Waals surface area contributed by atoms with Gasteiger partial charge < -0.3 is 0 Å². The summed E-state index contributed by atoms with van der Waals surface area (Å²) in [6, 6.07) is 0. The van der Waals surface area contributed by atoms with Crippen LogP contribution >= 0.6 is 0 Å². The van der Waals surface area contributed by atoms with Gasteiger partial charge in [-0.2, -0.15) is 5.06 Å². The van der Waals surface area contributed by atoms with Crippen LogP contribution in [-0.2, 0) is 15.6 Å². The number of hydroxylamine groups is 2. The van der Waals surface area contributed by atoms with Gasteiger partial charge in [0.1, 0.15) is 0 Å². The molecule has 0 N–H and O–H groups in total. The van der Waals surface area contributed by atoms with Gasteiger partial charge in [0, 0.05) is 35.4 Å². The second-order valence-electron chi connectivity index (χ2n) is 2.64. The van der Waals surface area contributed by atoms with Gasteiger partial charge in [-0.25, -0.2) is 0 Å². The van der Waals surface area contributed by atoms with Gasteiger partial charge in [0.05, 0.1) is 6.61 Å². The standard InChI is InChI=1S/C8H15NO2S/c1-2-3-6-11-9-4-7-12(10)8-5-9/h2-3H,4-8H2,1H3. The fraction of sp³-hybridized carbons (Fsp3) is 0.750. The van der Waals surface area contributed by atoms with Gasteiger partial charge >= 0.3 is 0 Å². The fourth-order valence-corrected chi connectivity index (χ4v) is 2.01. The number of allylic oxidation sites excluding steroid dienone is 1. The van der Waals surface area contributed by atoms with Crippen LogP contribution in [0, 0.1) is 0 Å². The summed E-state index contributed by atoms with van der Waals surface area (Å²) in [5.41, 5.74) is 0. The third kappa shape index (κ3) is 3.47. The van der Waals surface area contributed by atoms with Crippen molar-refractivity contribution in [1.82, 2.24) is 5.06 Å². The molecule has 0 radical (unpaired) electrons. The third-order valence-electron chi connectivity index (χ3n) is 1.73. The highest BCUT2D eigenvalue weighted by molar-refractivity contribution is 7.85. The first kappa shape index (κ1) is 9.89. The molecule has 1 heterocycles. The molecule has 0 saturated carbocycles. The Balaban J connectivity index is 2.13. The van der Waals surface area contributed by atoms with Gasteiger partial charge in [-0.3, -0.25) is 9.05 Å². The van der Waals surface area contributed by atoms with Crippen LogP contribution < -0.4 is 0 Å². The monoisotopic (exact) mass is 189 g/mol. The van der Waals surface area contributed by atoms with Crippen LogP contribution in [0.15, 0.2) is 12.2 Å². The van der Waals surface area contributed by atoms with Crippen molar-refractivity contribution in [3.05, 3.63) is 12.2 Å². The maximum Gasteiger partial charge on any atom is 0.0866 e. The molecule has 0 bridgehead atoms. The molecule has 4 heteroatoms. The van der Waals surface area contributed by atoms with E-state index in [1.54, 1.807) is 0 Å². The molecule has 1 saturated heterocycles. The summed E-state index contributed by atoms with van der Waals surface area (Å²) < 4.78 is 11.0. The fourth-order valence-electron chi connectivity index (χ4n) is 0.995. The van der Waals surface area contributed by atoms with E-state index in [9.17, 15) is 4.21 Å². The van der Waals surface area contributed by atoms with E-state index in [2.05, 4.69) is 0 Å². The SMILES string of the molecule is CC=CCON1CCS(=O)CC1. The molecule has 0 aliphatic carbocycles.